The van der Waals surface area contributed by atoms with Crippen molar-refractivity contribution in [2.45, 2.75) is 38.9 Å². The zero-order chi connectivity index (χ0) is 22.8. The summed E-state index contributed by atoms with van der Waals surface area (Å²) in [5.41, 5.74) is 7.51. The number of benzene rings is 2. The summed E-state index contributed by atoms with van der Waals surface area (Å²) < 4.78 is 43.0. The Balaban J connectivity index is 1.65. The molecule has 8 heteroatoms. The first-order valence-electron chi connectivity index (χ1n) is 10.1. The summed E-state index contributed by atoms with van der Waals surface area (Å²) in [4.78, 5) is 11.8. The molecule has 0 aliphatic heterocycles. The number of anilines is 1. The number of ketones is 1. The average Bonchev–Trinajstić information content (AvgIpc) is 3.27. The monoisotopic (exact) mass is 436 g/mol. The van der Waals surface area contributed by atoms with E-state index in [2.05, 4.69) is 23.9 Å². The van der Waals surface area contributed by atoms with Gasteiger partial charge in [-0.1, -0.05) is 38.1 Å². The lowest BCUT2D eigenvalue weighted by Gasteiger charge is -2.13. The summed E-state index contributed by atoms with van der Waals surface area (Å²) >= 11 is 0. The maximum Gasteiger partial charge on any atom is 0.387 e. The quantitative estimate of drug-likeness (QED) is 0.529. The maximum absolute atomic E-state index is 13.4. The smallest absolute Gasteiger partial charge is 0.387 e. The number of hydrogen-bond acceptors (Lipinski definition) is 5. The number of ether oxygens (including phenoxy) is 1. The number of alkyl halides is 2. The van der Waals surface area contributed by atoms with Crippen LogP contribution in [0.25, 0.3) is 0 Å². The highest BCUT2D eigenvalue weighted by Crippen LogP contribution is 2.64. The molecule has 0 saturated heterocycles. The molecule has 0 aromatic heterocycles. The molecule has 168 valence electrons. The Morgan fingerprint density at radius 1 is 1.23 bits per heavy atom. The highest BCUT2D eigenvalue weighted by atomic mass is 19.3. The zero-order valence-corrected chi connectivity index (χ0v) is 17.4. The number of aliphatic hydroxyl groups excluding tert-OH is 1. The Morgan fingerprint density at radius 3 is 2.52 bits per heavy atom. The van der Waals surface area contributed by atoms with Gasteiger partial charge in [0.1, 0.15) is 11.9 Å². The van der Waals surface area contributed by atoms with Crippen LogP contribution >= 0.6 is 0 Å². The number of hydrogen-bond donors (Lipinski definition) is 3. The van der Waals surface area contributed by atoms with Crippen LogP contribution in [0.4, 0.5) is 18.9 Å². The summed E-state index contributed by atoms with van der Waals surface area (Å²) in [6.45, 7) is 1.62. The second-order valence-corrected chi connectivity index (χ2v) is 8.44. The molecule has 31 heavy (non-hydrogen) atoms. The van der Waals surface area contributed by atoms with Crippen molar-refractivity contribution >= 4 is 11.5 Å². The summed E-state index contributed by atoms with van der Waals surface area (Å²) in [6, 6.07) is 11.2. The van der Waals surface area contributed by atoms with E-state index < -0.39 is 18.5 Å². The van der Waals surface area contributed by atoms with Crippen LogP contribution in [0.1, 0.15) is 30.9 Å². The van der Waals surface area contributed by atoms with Crippen molar-refractivity contribution in [1.29, 1.82) is 0 Å². The summed E-state index contributed by atoms with van der Waals surface area (Å²) in [5, 5.41) is 12.6. The first-order chi connectivity index (χ1) is 14.6. The van der Waals surface area contributed by atoms with Gasteiger partial charge in [0.2, 0.25) is 0 Å². The van der Waals surface area contributed by atoms with E-state index in [-0.39, 0.29) is 41.7 Å². The third-order valence-corrected chi connectivity index (χ3v) is 6.03. The molecule has 2 aromatic carbocycles. The first-order valence-corrected chi connectivity index (χ1v) is 10.1. The molecule has 0 spiro atoms. The van der Waals surface area contributed by atoms with Gasteiger partial charge in [-0.15, -0.1) is 0 Å². The van der Waals surface area contributed by atoms with Gasteiger partial charge in [-0.05, 0) is 40.5 Å². The lowest BCUT2D eigenvalue weighted by Crippen LogP contribution is -2.30. The highest BCUT2D eigenvalue weighted by molar-refractivity contribution is 5.85. The van der Waals surface area contributed by atoms with E-state index in [1.54, 1.807) is 0 Å². The van der Waals surface area contributed by atoms with Crippen molar-refractivity contribution in [3.8, 4) is 5.75 Å². The number of rotatable bonds is 10. The third-order valence-electron chi connectivity index (χ3n) is 6.03. The van der Waals surface area contributed by atoms with Crippen LogP contribution in [-0.2, 0) is 11.2 Å². The molecule has 3 atom stereocenters. The Morgan fingerprint density at radius 2 is 1.90 bits per heavy atom. The normalized spacial score (nSPS) is 20.4. The SMILES string of the molecule is CC1(C)C(CNc2ccc(F)cc2OC(F)F)C1c1ccc(CC(=O)C(O)CN)cc1. The molecule has 3 unspecified atom stereocenters. The van der Waals surface area contributed by atoms with Gasteiger partial charge in [0, 0.05) is 25.6 Å². The average molecular weight is 436 g/mol. The minimum absolute atomic E-state index is 0.0240. The lowest BCUT2D eigenvalue weighted by atomic mass is 9.99. The van der Waals surface area contributed by atoms with Gasteiger partial charge in [-0.25, -0.2) is 4.39 Å². The number of nitrogens with one attached hydrogen (secondary N) is 1. The van der Waals surface area contributed by atoms with E-state index in [0.29, 0.717) is 12.2 Å². The molecule has 0 heterocycles. The van der Waals surface area contributed by atoms with Crippen molar-refractivity contribution in [3.05, 3.63) is 59.4 Å². The van der Waals surface area contributed by atoms with Crippen molar-refractivity contribution in [3.63, 3.8) is 0 Å². The number of carbonyl (C=O) groups is 1. The van der Waals surface area contributed by atoms with E-state index in [4.69, 9.17) is 5.73 Å². The molecule has 1 saturated carbocycles. The van der Waals surface area contributed by atoms with Crippen molar-refractivity contribution in [1.82, 2.24) is 0 Å². The molecule has 5 nitrogen and oxygen atoms in total. The molecule has 4 N–H and O–H groups in total. The Hall–Kier alpha value is -2.58. The minimum atomic E-state index is -3.04. The Kier molecular flexibility index (Phi) is 6.91. The molecule has 0 amide bonds. The van der Waals surface area contributed by atoms with Gasteiger partial charge in [0.05, 0.1) is 5.69 Å². The number of carbonyl (C=O) groups excluding carboxylic acids is 1. The highest BCUT2D eigenvalue weighted by Gasteiger charge is 2.57. The lowest BCUT2D eigenvalue weighted by molar-refractivity contribution is -0.125. The Labute approximate surface area is 179 Å². The molecular weight excluding hydrogens is 409 g/mol. The van der Waals surface area contributed by atoms with Crippen LogP contribution in [0, 0.1) is 17.2 Å². The van der Waals surface area contributed by atoms with E-state index in [9.17, 15) is 23.1 Å². The van der Waals surface area contributed by atoms with Gasteiger partial charge < -0.3 is 20.9 Å². The summed E-state index contributed by atoms with van der Waals surface area (Å²) in [7, 11) is 0. The second-order valence-electron chi connectivity index (χ2n) is 8.44. The minimum Gasteiger partial charge on any atom is -0.433 e. The van der Waals surface area contributed by atoms with Gasteiger partial charge in [-0.2, -0.15) is 8.78 Å². The van der Waals surface area contributed by atoms with E-state index >= 15 is 0 Å². The number of Topliss-reactive ketones (excluding diaryl/α,β-unsaturated/α-hetero) is 1. The standard InChI is InChI=1S/C23H27F3N2O3/c1-23(2)16(12-28-17-8-7-15(24)10-20(17)31-22(25)26)21(23)14-5-3-13(4-6-14)9-18(29)19(30)11-27/h3-8,10,16,19,21-22,28,30H,9,11-12,27H2,1-2H3. The second kappa shape index (κ2) is 9.28. The Bertz CT molecular complexity index is 919. The largest absolute Gasteiger partial charge is 0.433 e. The predicted molar refractivity (Wildman–Crippen MR) is 112 cm³/mol. The maximum atomic E-state index is 13.4. The van der Waals surface area contributed by atoms with Crippen LogP contribution in [0.5, 0.6) is 5.75 Å². The van der Waals surface area contributed by atoms with Gasteiger partial charge >= 0.3 is 6.61 Å². The molecule has 1 aliphatic carbocycles. The number of halogens is 3. The molecule has 3 rings (SSSR count). The molecule has 1 fully saturated rings. The van der Waals surface area contributed by atoms with Gasteiger partial charge in [0.15, 0.2) is 11.5 Å². The molecular formula is C23H27F3N2O3. The predicted octanol–water partition coefficient (Wildman–Crippen LogP) is 3.71. The summed E-state index contributed by atoms with van der Waals surface area (Å²) in [6.07, 6.45) is -1.03. The number of nitrogens with two attached hydrogens (primary N) is 1. The van der Waals surface area contributed by atoms with Gasteiger partial charge in [0.25, 0.3) is 0 Å². The van der Waals surface area contributed by atoms with E-state index in [1.165, 1.54) is 12.1 Å². The molecule has 0 radical (unpaired) electrons. The van der Waals surface area contributed by atoms with Crippen LogP contribution in [0.3, 0.4) is 0 Å². The number of aliphatic hydroxyl groups is 1. The molecule has 0 bridgehead atoms. The van der Waals surface area contributed by atoms with Crippen LogP contribution < -0.4 is 15.8 Å². The fraction of sp³-hybridized carbons (Fsp3) is 0.435. The first kappa shape index (κ1) is 23.1. The van der Waals surface area contributed by atoms with Crippen LogP contribution in [-0.4, -0.2) is 36.7 Å². The molecule has 2 aromatic rings. The fourth-order valence-corrected chi connectivity index (χ4v) is 4.14. The van der Waals surface area contributed by atoms with Crippen LogP contribution in [0.15, 0.2) is 42.5 Å². The van der Waals surface area contributed by atoms with E-state index in [1.807, 2.05) is 24.3 Å². The van der Waals surface area contributed by atoms with Crippen LogP contribution in [0.2, 0.25) is 0 Å². The third kappa shape index (κ3) is 5.37. The topological polar surface area (TPSA) is 84.6 Å². The van der Waals surface area contributed by atoms with Gasteiger partial charge in [-0.3, -0.25) is 4.79 Å². The van der Waals surface area contributed by atoms with Crippen molar-refractivity contribution in [2.24, 2.45) is 17.1 Å². The zero-order valence-electron chi connectivity index (χ0n) is 17.4. The molecule has 1 aliphatic rings. The fourth-order valence-electron chi connectivity index (χ4n) is 4.14. The van der Waals surface area contributed by atoms with Crippen molar-refractivity contribution < 1.29 is 27.8 Å². The van der Waals surface area contributed by atoms with E-state index in [0.717, 1.165) is 17.2 Å². The van der Waals surface area contributed by atoms with Crippen molar-refractivity contribution in [2.75, 3.05) is 18.4 Å². The summed E-state index contributed by atoms with van der Waals surface area (Å²) in [5.74, 6) is -0.727.